The normalized spacial score (nSPS) is 12.0. The summed E-state index contributed by atoms with van der Waals surface area (Å²) in [5, 5.41) is 10.5. The molecule has 0 aliphatic heterocycles. The molecule has 0 aliphatic rings. The SMILES string of the molecule is COC(=O)c1ccc2c(=O)n(C[C@H](C)O)c(SCC(=O)c3ccc(C)c(C)c3)nc2c1. The second-order valence-corrected chi connectivity index (χ2v) is 8.34. The average Bonchev–Trinajstić information content (AvgIpc) is 2.75. The van der Waals surface area contributed by atoms with Crippen molar-refractivity contribution in [1.82, 2.24) is 9.55 Å². The number of aliphatic hydroxyl groups is 1. The number of aromatic nitrogens is 2. The number of thioether (sulfide) groups is 1. The molecule has 0 fully saturated rings. The lowest BCUT2D eigenvalue weighted by molar-refractivity contribution is 0.0600. The van der Waals surface area contributed by atoms with Gasteiger partial charge >= 0.3 is 5.97 Å². The highest BCUT2D eigenvalue weighted by atomic mass is 32.2. The first-order valence-electron chi connectivity index (χ1n) is 9.75. The van der Waals surface area contributed by atoms with E-state index in [-0.39, 0.29) is 29.2 Å². The van der Waals surface area contributed by atoms with Gasteiger partial charge < -0.3 is 9.84 Å². The monoisotopic (exact) mass is 440 g/mol. The number of fused-ring (bicyclic) bond motifs is 1. The van der Waals surface area contributed by atoms with E-state index < -0.39 is 12.1 Å². The zero-order chi connectivity index (χ0) is 22.7. The van der Waals surface area contributed by atoms with Crippen molar-refractivity contribution in [2.75, 3.05) is 12.9 Å². The summed E-state index contributed by atoms with van der Waals surface area (Å²) in [6.07, 6.45) is -0.777. The van der Waals surface area contributed by atoms with Gasteiger partial charge in [-0.15, -0.1) is 0 Å². The lowest BCUT2D eigenvalue weighted by Gasteiger charge is -2.14. The predicted octanol–water partition coefficient (Wildman–Crippen LogP) is 3.16. The van der Waals surface area contributed by atoms with Crippen LogP contribution in [-0.4, -0.2) is 45.4 Å². The van der Waals surface area contributed by atoms with Crippen molar-refractivity contribution >= 4 is 34.4 Å². The fourth-order valence-electron chi connectivity index (χ4n) is 3.11. The molecule has 3 rings (SSSR count). The van der Waals surface area contributed by atoms with Crippen molar-refractivity contribution in [2.24, 2.45) is 0 Å². The van der Waals surface area contributed by atoms with E-state index in [2.05, 4.69) is 4.98 Å². The number of methoxy groups -OCH3 is 1. The summed E-state index contributed by atoms with van der Waals surface area (Å²) < 4.78 is 6.10. The lowest BCUT2D eigenvalue weighted by atomic mass is 10.0. The van der Waals surface area contributed by atoms with E-state index in [4.69, 9.17) is 4.74 Å². The number of esters is 1. The van der Waals surface area contributed by atoms with E-state index >= 15 is 0 Å². The van der Waals surface area contributed by atoms with Gasteiger partial charge in [0, 0.05) is 5.56 Å². The highest BCUT2D eigenvalue weighted by molar-refractivity contribution is 7.99. The Balaban J connectivity index is 1.99. The molecular formula is C23H24N2O5S. The number of ether oxygens (including phenoxy) is 1. The number of ketones is 1. The van der Waals surface area contributed by atoms with Gasteiger partial charge in [0.15, 0.2) is 10.9 Å². The van der Waals surface area contributed by atoms with E-state index in [0.717, 1.165) is 22.9 Å². The van der Waals surface area contributed by atoms with Crippen LogP contribution in [0.1, 0.15) is 38.8 Å². The maximum Gasteiger partial charge on any atom is 0.337 e. The molecule has 0 spiro atoms. The molecule has 0 saturated carbocycles. The van der Waals surface area contributed by atoms with Crippen molar-refractivity contribution < 1.29 is 19.4 Å². The molecule has 1 heterocycles. The highest BCUT2D eigenvalue weighted by Crippen LogP contribution is 2.21. The smallest absolute Gasteiger partial charge is 0.337 e. The Morgan fingerprint density at radius 3 is 2.48 bits per heavy atom. The first kappa shape index (κ1) is 22.7. The van der Waals surface area contributed by atoms with Crippen LogP contribution in [-0.2, 0) is 11.3 Å². The molecule has 1 aromatic heterocycles. The Bertz CT molecular complexity index is 1220. The van der Waals surface area contributed by atoms with Gasteiger partial charge in [-0.05, 0) is 56.2 Å². The Kier molecular flexibility index (Phi) is 6.92. The standard InChI is InChI=1S/C23H24N2O5S/c1-13-5-6-16(9-14(13)2)20(27)12-31-23-24-19-10-17(22(29)30-4)7-8-18(19)21(28)25(23)11-15(3)26/h5-10,15,26H,11-12H2,1-4H3/t15-/m0/s1. The van der Waals surface area contributed by atoms with Crippen LogP contribution < -0.4 is 5.56 Å². The van der Waals surface area contributed by atoms with E-state index in [1.807, 2.05) is 26.0 Å². The maximum atomic E-state index is 13.0. The minimum absolute atomic E-state index is 0.0424. The first-order chi connectivity index (χ1) is 14.7. The Labute approximate surface area is 184 Å². The van der Waals surface area contributed by atoms with Crippen molar-refractivity contribution in [3.05, 3.63) is 69.0 Å². The van der Waals surface area contributed by atoms with Crippen molar-refractivity contribution in [3.8, 4) is 0 Å². The van der Waals surface area contributed by atoms with Gasteiger partial charge in [-0.2, -0.15) is 0 Å². The summed E-state index contributed by atoms with van der Waals surface area (Å²) in [6.45, 7) is 5.55. The van der Waals surface area contributed by atoms with Crippen LogP contribution in [0.15, 0.2) is 46.3 Å². The Hall–Kier alpha value is -2.97. The summed E-state index contributed by atoms with van der Waals surface area (Å²) in [6, 6.07) is 10.0. The van der Waals surface area contributed by atoms with E-state index in [1.54, 1.807) is 13.0 Å². The molecule has 162 valence electrons. The third kappa shape index (κ3) is 5.03. The van der Waals surface area contributed by atoms with Gasteiger partial charge in [0.2, 0.25) is 0 Å². The van der Waals surface area contributed by atoms with Crippen molar-refractivity contribution in [2.45, 2.75) is 38.6 Å². The molecule has 3 aromatic rings. The van der Waals surface area contributed by atoms with Gasteiger partial charge in [0.25, 0.3) is 5.56 Å². The third-order valence-corrected chi connectivity index (χ3v) is 5.93. The number of hydrogen-bond donors (Lipinski definition) is 1. The van der Waals surface area contributed by atoms with Crippen molar-refractivity contribution in [1.29, 1.82) is 0 Å². The average molecular weight is 441 g/mol. The number of benzene rings is 2. The molecule has 31 heavy (non-hydrogen) atoms. The minimum atomic E-state index is -0.777. The Morgan fingerprint density at radius 1 is 1.13 bits per heavy atom. The fraction of sp³-hybridized carbons (Fsp3) is 0.304. The zero-order valence-corrected chi connectivity index (χ0v) is 18.7. The van der Waals surface area contributed by atoms with Crippen LogP contribution in [0.3, 0.4) is 0 Å². The number of aryl methyl sites for hydroxylation is 2. The largest absolute Gasteiger partial charge is 0.465 e. The lowest BCUT2D eigenvalue weighted by Crippen LogP contribution is -2.28. The number of carbonyl (C=O) groups is 2. The molecule has 7 nitrogen and oxygen atoms in total. The molecule has 2 aromatic carbocycles. The van der Waals surface area contributed by atoms with Crippen LogP contribution in [0.4, 0.5) is 0 Å². The summed E-state index contributed by atoms with van der Waals surface area (Å²) in [4.78, 5) is 42.1. The zero-order valence-electron chi connectivity index (χ0n) is 17.8. The van der Waals surface area contributed by atoms with Crippen LogP contribution >= 0.6 is 11.8 Å². The molecule has 8 heteroatoms. The molecule has 0 saturated heterocycles. The first-order valence-corrected chi connectivity index (χ1v) is 10.7. The number of hydrogen-bond acceptors (Lipinski definition) is 7. The molecule has 0 amide bonds. The van der Waals surface area contributed by atoms with Crippen molar-refractivity contribution in [3.63, 3.8) is 0 Å². The molecular weight excluding hydrogens is 416 g/mol. The number of rotatable bonds is 7. The van der Waals surface area contributed by atoms with Gasteiger partial charge in [0.05, 0.1) is 42.0 Å². The number of nitrogens with zero attached hydrogens (tertiary/aromatic N) is 2. The summed E-state index contributed by atoms with van der Waals surface area (Å²) >= 11 is 1.13. The highest BCUT2D eigenvalue weighted by Gasteiger charge is 2.17. The van der Waals surface area contributed by atoms with E-state index in [9.17, 15) is 19.5 Å². The topological polar surface area (TPSA) is 98.5 Å². The second-order valence-electron chi connectivity index (χ2n) is 7.39. The van der Waals surface area contributed by atoms with Gasteiger partial charge in [-0.25, -0.2) is 9.78 Å². The maximum absolute atomic E-state index is 13.0. The van der Waals surface area contributed by atoms with E-state index in [1.165, 1.54) is 29.9 Å². The Morgan fingerprint density at radius 2 is 1.84 bits per heavy atom. The summed E-state index contributed by atoms with van der Waals surface area (Å²) in [7, 11) is 1.28. The second kappa shape index (κ2) is 9.45. The minimum Gasteiger partial charge on any atom is -0.465 e. The fourth-order valence-corrected chi connectivity index (χ4v) is 4.01. The van der Waals surface area contributed by atoms with Crippen LogP contribution in [0.25, 0.3) is 10.9 Å². The number of carbonyl (C=O) groups excluding carboxylic acids is 2. The van der Waals surface area contributed by atoms with Gasteiger partial charge in [-0.3, -0.25) is 14.2 Å². The van der Waals surface area contributed by atoms with Gasteiger partial charge in [-0.1, -0.05) is 23.9 Å². The number of aliphatic hydroxyl groups excluding tert-OH is 1. The summed E-state index contributed by atoms with van der Waals surface area (Å²) in [5.41, 5.74) is 2.99. The van der Waals surface area contributed by atoms with E-state index in [0.29, 0.717) is 21.6 Å². The molecule has 1 atom stereocenters. The van der Waals surface area contributed by atoms with Gasteiger partial charge in [0.1, 0.15) is 0 Å². The van der Waals surface area contributed by atoms with Crippen LogP contribution in [0, 0.1) is 13.8 Å². The van der Waals surface area contributed by atoms with Crippen LogP contribution in [0.2, 0.25) is 0 Å². The van der Waals surface area contributed by atoms with Crippen LogP contribution in [0.5, 0.6) is 0 Å². The molecule has 0 unspecified atom stereocenters. The summed E-state index contributed by atoms with van der Waals surface area (Å²) in [5.74, 6) is -0.540. The third-order valence-electron chi connectivity index (χ3n) is 4.95. The molecule has 0 bridgehead atoms. The molecule has 1 N–H and O–H groups in total. The predicted molar refractivity (Wildman–Crippen MR) is 120 cm³/mol. The molecule has 0 radical (unpaired) electrons. The molecule has 0 aliphatic carbocycles. The quantitative estimate of drug-likeness (QED) is 0.261. The number of Topliss-reactive ketones (excluding diaryl/α,β-unsaturated/α-hetero) is 1.